The zero-order valence-electron chi connectivity index (χ0n) is 10.4. The van der Waals surface area contributed by atoms with Crippen LogP contribution in [0.15, 0.2) is 30.3 Å². The zero-order chi connectivity index (χ0) is 14.9. The molecule has 0 aliphatic rings. The van der Waals surface area contributed by atoms with Gasteiger partial charge in [0.25, 0.3) is 0 Å². The lowest BCUT2D eigenvalue weighted by atomic mass is 10.1. The highest BCUT2D eigenvalue weighted by molar-refractivity contribution is 6.44. The molecule has 1 atom stereocenters. The summed E-state index contributed by atoms with van der Waals surface area (Å²) in [6.07, 6.45) is 0. The van der Waals surface area contributed by atoms with Crippen LogP contribution in [-0.4, -0.2) is 0 Å². The monoisotopic (exact) mass is 351 g/mol. The molecule has 0 radical (unpaired) electrons. The molecular weight excluding hydrogens is 343 g/mol. The Morgan fingerprint density at radius 2 is 1.55 bits per heavy atom. The average molecular weight is 353 g/mol. The van der Waals surface area contributed by atoms with Crippen LogP contribution in [0.5, 0.6) is 0 Å². The van der Waals surface area contributed by atoms with Gasteiger partial charge in [-0.2, -0.15) is 0 Å². The van der Waals surface area contributed by atoms with Crippen LogP contribution in [0.25, 0.3) is 0 Å². The summed E-state index contributed by atoms with van der Waals surface area (Å²) < 4.78 is 13.1. The van der Waals surface area contributed by atoms with Gasteiger partial charge in [-0.25, -0.2) is 4.39 Å². The van der Waals surface area contributed by atoms with Gasteiger partial charge in [-0.05, 0) is 36.8 Å². The normalized spacial score (nSPS) is 12.3. The first-order valence-electron chi connectivity index (χ1n) is 5.74. The van der Waals surface area contributed by atoms with Crippen LogP contribution < -0.4 is 5.32 Å². The molecule has 0 saturated heterocycles. The smallest absolute Gasteiger partial charge is 0.141 e. The van der Waals surface area contributed by atoms with Crippen LogP contribution in [0.4, 0.5) is 10.1 Å². The first-order chi connectivity index (χ1) is 9.38. The molecule has 1 N–H and O–H groups in total. The molecule has 0 aromatic heterocycles. The van der Waals surface area contributed by atoms with Gasteiger partial charge in [0, 0.05) is 6.04 Å². The van der Waals surface area contributed by atoms with Crippen molar-refractivity contribution in [3.8, 4) is 0 Å². The number of benzene rings is 2. The number of nitrogens with one attached hydrogen (secondary N) is 1. The summed E-state index contributed by atoms with van der Waals surface area (Å²) >= 11 is 23.7. The van der Waals surface area contributed by atoms with E-state index in [1.807, 2.05) is 6.92 Å². The molecule has 0 heterocycles. The first-order valence-corrected chi connectivity index (χ1v) is 7.25. The molecule has 0 fully saturated rings. The minimum atomic E-state index is -0.449. The predicted molar refractivity (Wildman–Crippen MR) is 84.9 cm³/mol. The number of hydrogen-bond donors (Lipinski definition) is 1. The summed E-state index contributed by atoms with van der Waals surface area (Å²) in [6.45, 7) is 1.91. The molecule has 2 aromatic rings. The Hall–Kier alpha value is -0.670. The largest absolute Gasteiger partial charge is 0.377 e. The molecule has 0 saturated carbocycles. The van der Waals surface area contributed by atoms with Gasteiger partial charge in [0.2, 0.25) is 0 Å². The van der Waals surface area contributed by atoms with Crippen molar-refractivity contribution >= 4 is 52.1 Å². The summed E-state index contributed by atoms with van der Waals surface area (Å²) in [5.41, 5.74) is 1.48. The van der Waals surface area contributed by atoms with E-state index in [-0.39, 0.29) is 11.1 Å². The highest BCUT2D eigenvalue weighted by Crippen LogP contribution is 2.34. The van der Waals surface area contributed by atoms with E-state index in [0.717, 1.165) is 5.56 Å². The third-order valence-corrected chi connectivity index (χ3v) is 4.15. The first kappa shape index (κ1) is 15.7. The van der Waals surface area contributed by atoms with Crippen molar-refractivity contribution < 1.29 is 4.39 Å². The highest BCUT2D eigenvalue weighted by atomic mass is 35.5. The van der Waals surface area contributed by atoms with E-state index in [1.165, 1.54) is 6.07 Å². The van der Waals surface area contributed by atoms with Crippen LogP contribution in [0.2, 0.25) is 20.1 Å². The third-order valence-electron chi connectivity index (χ3n) is 2.83. The van der Waals surface area contributed by atoms with E-state index in [9.17, 15) is 4.39 Å². The molecule has 2 rings (SSSR count). The lowest BCUT2D eigenvalue weighted by Gasteiger charge is -2.17. The van der Waals surface area contributed by atoms with Crippen LogP contribution in [0, 0.1) is 5.82 Å². The molecule has 1 unspecified atom stereocenters. The Kier molecular flexibility index (Phi) is 5.03. The molecular formula is C14H10Cl4FN. The Morgan fingerprint density at radius 1 is 0.900 bits per heavy atom. The van der Waals surface area contributed by atoms with Gasteiger partial charge < -0.3 is 5.32 Å². The minimum Gasteiger partial charge on any atom is -0.377 e. The molecule has 0 aliphatic carbocycles. The summed E-state index contributed by atoms with van der Waals surface area (Å²) in [4.78, 5) is 0. The van der Waals surface area contributed by atoms with Gasteiger partial charge in [-0.1, -0.05) is 52.5 Å². The van der Waals surface area contributed by atoms with Crippen molar-refractivity contribution in [3.63, 3.8) is 0 Å². The van der Waals surface area contributed by atoms with Crippen LogP contribution in [0.3, 0.4) is 0 Å². The highest BCUT2D eigenvalue weighted by Gasteiger charge is 2.12. The fraction of sp³-hybridized carbons (Fsp3) is 0.143. The maximum absolute atomic E-state index is 13.1. The number of anilines is 1. The van der Waals surface area contributed by atoms with Crippen molar-refractivity contribution in [2.45, 2.75) is 13.0 Å². The molecule has 0 bridgehead atoms. The number of hydrogen-bond acceptors (Lipinski definition) is 1. The standard InChI is InChI=1S/C14H10Cl4FN/c1-7(8-2-3-13(19)11(17)4-8)20-14-6-10(16)9(15)5-12(14)18/h2-7,20H,1H3. The van der Waals surface area contributed by atoms with Crippen LogP contribution >= 0.6 is 46.4 Å². The number of halogens is 5. The molecule has 20 heavy (non-hydrogen) atoms. The molecule has 1 nitrogen and oxygen atoms in total. The Balaban J connectivity index is 2.25. The molecule has 0 spiro atoms. The number of rotatable bonds is 3. The van der Waals surface area contributed by atoms with Crippen molar-refractivity contribution in [3.05, 3.63) is 61.8 Å². The van der Waals surface area contributed by atoms with Crippen LogP contribution in [-0.2, 0) is 0 Å². The van der Waals surface area contributed by atoms with E-state index in [1.54, 1.807) is 24.3 Å². The lowest BCUT2D eigenvalue weighted by molar-refractivity contribution is 0.627. The minimum absolute atomic E-state index is 0.0800. The van der Waals surface area contributed by atoms with Gasteiger partial charge in [-0.3, -0.25) is 0 Å². The van der Waals surface area contributed by atoms with E-state index in [2.05, 4.69) is 5.32 Å². The van der Waals surface area contributed by atoms with Gasteiger partial charge >= 0.3 is 0 Å². The average Bonchev–Trinajstić information content (AvgIpc) is 2.39. The fourth-order valence-electron chi connectivity index (χ4n) is 1.73. The topological polar surface area (TPSA) is 12.0 Å². The molecule has 2 aromatic carbocycles. The molecule has 106 valence electrons. The second-order valence-corrected chi connectivity index (χ2v) is 5.91. The summed E-state index contributed by atoms with van der Waals surface area (Å²) in [6, 6.07) is 7.64. The van der Waals surface area contributed by atoms with Gasteiger partial charge in [0.05, 0.1) is 25.8 Å². The summed E-state index contributed by atoms with van der Waals surface area (Å²) in [5.74, 6) is -0.449. The fourth-order valence-corrected chi connectivity index (χ4v) is 2.52. The van der Waals surface area contributed by atoms with E-state index >= 15 is 0 Å². The van der Waals surface area contributed by atoms with Crippen molar-refractivity contribution in [1.29, 1.82) is 0 Å². The molecule has 6 heteroatoms. The van der Waals surface area contributed by atoms with Gasteiger partial charge in [-0.15, -0.1) is 0 Å². The Bertz CT molecular complexity index is 645. The maximum Gasteiger partial charge on any atom is 0.141 e. The second-order valence-electron chi connectivity index (χ2n) is 4.29. The van der Waals surface area contributed by atoms with E-state index < -0.39 is 5.82 Å². The second kappa shape index (κ2) is 6.40. The predicted octanol–water partition coefficient (Wildman–Crippen LogP) is 6.61. The van der Waals surface area contributed by atoms with E-state index in [4.69, 9.17) is 46.4 Å². The SMILES string of the molecule is CC(Nc1cc(Cl)c(Cl)cc1Cl)c1ccc(F)c(Cl)c1. The zero-order valence-corrected chi connectivity index (χ0v) is 13.4. The summed E-state index contributed by atoms with van der Waals surface area (Å²) in [5, 5.41) is 4.52. The Morgan fingerprint density at radius 3 is 2.20 bits per heavy atom. The lowest BCUT2D eigenvalue weighted by Crippen LogP contribution is -2.07. The maximum atomic E-state index is 13.1. The van der Waals surface area contributed by atoms with E-state index in [0.29, 0.717) is 20.8 Å². The van der Waals surface area contributed by atoms with Gasteiger partial charge in [0.15, 0.2) is 0 Å². The quantitative estimate of drug-likeness (QED) is 0.612. The molecule has 0 amide bonds. The molecule has 0 aliphatic heterocycles. The van der Waals surface area contributed by atoms with Crippen molar-refractivity contribution in [2.75, 3.05) is 5.32 Å². The van der Waals surface area contributed by atoms with Crippen molar-refractivity contribution in [2.24, 2.45) is 0 Å². The van der Waals surface area contributed by atoms with Crippen molar-refractivity contribution in [1.82, 2.24) is 0 Å². The third kappa shape index (κ3) is 3.50. The summed E-state index contributed by atoms with van der Waals surface area (Å²) in [7, 11) is 0. The van der Waals surface area contributed by atoms with Crippen LogP contribution in [0.1, 0.15) is 18.5 Å². The Labute approximate surface area is 136 Å². The van der Waals surface area contributed by atoms with Gasteiger partial charge in [0.1, 0.15) is 5.82 Å².